The van der Waals surface area contributed by atoms with Crippen LogP contribution in [0.2, 0.25) is 0 Å². The smallest absolute Gasteiger partial charge is 0.454 e. The van der Waals surface area contributed by atoms with Gasteiger partial charge in [0.1, 0.15) is 5.75 Å². The number of hydrazine groups is 1. The molecule has 0 fully saturated rings. The van der Waals surface area contributed by atoms with Gasteiger partial charge < -0.3 is 10.2 Å². The van der Waals surface area contributed by atoms with Crippen LogP contribution in [0.3, 0.4) is 0 Å². The molecule has 8 heteroatoms. The number of hydrogen-bond acceptors (Lipinski definition) is 4. The van der Waals surface area contributed by atoms with Crippen LogP contribution in [0.4, 0.5) is 13.2 Å². The van der Waals surface area contributed by atoms with Crippen LogP contribution in [0.15, 0.2) is 23.4 Å². The number of benzene rings is 1. The predicted molar refractivity (Wildman–Crippen MR) is 89.4 cm³/mol. The van der Waals surface area contributed by atoms with Crippen molar-refractivity contribution < 1.29 is 27.5 Å². The van der Waals surface area contributed by atoms with Gasteiger partial charge in [-0.25, -0.2) is 0 Å². The largest absolute Gasteiger partial charge is 0.483 e. The Morgan fingerprint density at radius 2 is 1.73 bits per heavy atom. The van der Waals surface area contributed by atoms with Crippen molar-refractivity contribution in [2.24, 2.45) is 0 Å². The summed E-state index contributed by atoms with van der Waals surface area (Å²) in [6.45, 7) is 5.39. The van der Waals surface area contributed by atoms with Crippen molar-refractivity contribution in [2.75, 3.05) is 6.61 Å². The van der Waals surface area contributed by atoms with Crippen molar-refractivity contribution in [3.63, 3.8) is 0 Å². The summed E-state index contributed by atoms with van der Waals surface area (Å²) in [5.41, 5.74) is 7.35. The second-order valence-corrected chi connectivity index (χ2v) is 6.33. The highest BCUT2D eigenvalue weighted by molar-refractivity contribution is 6.00. The van der Waals surface area contributed by atoms with Gasteiger partial charge in [0.2, 0.25) is 0 Å². The minimum Gasteiger partial charge on any atom is -0.483 e. The molecule has 5 nitrogen and oxygen atoms in total. The molecule has 2 N–H and O–H groups in total. The molecule has 0 bridgehead atoms. The third-order valence-corrected chi connectivity index (χ3v) is 4.05. The number of rotatable bonds is 6. The van der Waals surface area contributed by atoms with Gasteiger partial charge in [0.05, 0.1) is 0 Å². The van der Waals surface area contributed by atoms with Crippen molar-refractivity contribution in [2.45, 2.75) is 46.2 Å². The Balaban J connectivity index is 1.94. The van der Waals surface area contributed by atoms with Gasteiger partial charge in [-0.1, -0.05) is 17.7 Å². The second-order valence-electron chi connectivity index (χ2n) is 6.33. The number of carbonyl (C=O) groups excluding carboxylic acids is 2. The normalized spacial score (nSPS) is 14.4. The van der Waals surface area contributed by atoms with Crippen molar-refractivity contribution >= 4 is 11.7 Å². The summed E-state index contributed by atoms with van der Waals surface area (Å²) in [5, 5.41) is 0. The van der Waals surface area contributed by atoms with Gasteiger partial charge in [-0.3, -0.25) is 15.0 Å². The highest BCUT2D eigenvalue weighted by Crippen LogP contribution is 2.31. The van der Waals surface area contributed by atoms with E-state index in [1.165, 1.54) is 0 Å². The van der Waals surface area contributed by atoms with Gasteiger partial charge in [-0.05, 0) is 51.2 Å². The van der Waals surface area contributed by atoms with Gasteiger partial charge in [-0.15, -0.1) is 0 Å². The van der Waals surface area contributed by atoms with Crippen LogP contribution in [0.25, 0.3) is 0 Å². The Morgan fingerprint density at radius 1 is 1.12 bits per heavy atom. The molecule has 0 unspecified atom stereocenters. The molecular formula is C18H21F3N2O3. The van der Waals surface area contributed by atoms with E-state index in [4.69, 9.17) is 4.74 Å². The third kappa shape index (κ3) is 4.77. The van der Waals surface area contributed by atoms with Crippen LogP contribution in [0.1, 0.15) is 36.0 Å². The minimum absolute atomic E-state index is 0.0365. The number of nitrogens with one attached hydrogen (secondary N) is 2. The lowest BCUT2D eigenvalue weighted by atomic mass is 10.1. The van der Waals surface area contributed by atoms with Crippen molar-refractivity contribution in [3.8, 4) is 5.75 Å². The van der Waals surface area contributed by atoms with E-state index in [1.54, 1.807) is 0 Å². The number of Topliss-reactive ketones (excluding diaryl/α,β-unsaturated/α-hetero) is 1. The molecule has 1 aromatic carbocycles. The average Bonchev–Trinajstić information content (AvgIpc) is 2.98. The molecule has 142 valence electrons. The molecule has 0 atom stereocenters. The number of amides is 1. The van der Waals surface area contributed by atoms with Crippen LogP contribution in [0.5, 0.6) is 5.75 Å². The molecular weight excluding hydrogens is 349 g/mol. The minimum atomic E-state index is -4.92. The fourth-order valence-electron chi connectivity index (χ4n) is 3.02. The summed E-state index contributed by atoms with van der Waals surface area (Å²) >= 11 is 0. The lowest BCUT2D eigenvalue weighted by Crippen LogP contribution is -2.40. The maximum atomic E-state index is 12.6. The molecule has 1 aliphatic rings. The van der Waals surface area contributed by atoms with Crippen LogP contribution in [-0.4, -0.2) is 24.5 Å². The number of allylic oxidation sites excluding steroid dienone is 2. The number of alkyl halides is 3. The van der Waals surface area contributed by atoms with Crippen LogP contribution in [-0.2, 0) is 9.59 Å². The number of aryl methyl sites for hydroxylation is 3. The molecule has 0 radical (unpaired) electrons. The number of carbonyl (C=O) groups is 2. The third-order valence-electron chi connectivity index (χ3n) is 4.05. The summed E-state index contributed by atoms with van der Waals surface area (Å²) < 4.78 is 43.2. The molecule has 1 aromatic rings. The standard InChI is InChI=1S/C18H21F3N2O3/c1-10-7-11(2)16(12(3)8-10)26-9-15(24)23-22-14-6-4-5-13(14)17(25)18(19,20)21/h7-8,22H,4-6,9H2,1-3H3,(H,23,24). The van der Waals surface area contributed by atoms with Gasteiger partial charge in [-0.2, -0.15) is 13.2 Å². The van der Waals surface area contributed by atoms with E-state index in [2.05, 4.69) is 10.9 Å². The summed E-state index contributed by atoms with van der Waals surface area (Å²) in [5.74, 6) is -1.82. The lowest BCUT2D eigenvalue weighted by Gasteiger charge is -2.15. The Hall–Kier alpha value is -2.51. The summed E-state index contributed by atoms with van der Waals surface area (Å²) in [6, 6.07) is 3.85. The first-order chi connectivity index (χ1) is 12.1. The maximum Gasteiger partial charge on any atom is 0.454 e. The monoisotopic (exact) mass is 370 g/mol. The van der Waals surface area contributed by atoms with E-state index in [0.29, 0.717) is 12.2 Å². The number of ether oxygens (including phenoxy) is 1. The zero-order chi connectivity index (χ0) is 19.5. The van der Waals surface area contributed by atoms with Gasteiger partial charge in [0.15, 0.2) is 6.61 Å². The average molecular weight is 370 g/mol. The van der Waals surface area contributed by atoms with Crippen molar-refractivity contribution in [3.05, 3.63) is 40.1 Å². The predicted octanol–water partition coefficient (Wildman–Crippen LogP) is 3.18. The van der Waals surface area contributed by atoms with Crippen molar-refractivity contribution in [1.29, 1.82) is 0 Å². The molecule has 2 rings (SSSR count). The van der Waals surface area contributed by atoms with Gasteiger partial charge in [0.25, 0.3) is 11.7 Å². The van der Waals surface area contributed by atoms with Gasteiger partial charge >= 0.3 is 6.18 Å². The van der Waals surface area contributed by atoms with Crippen LogP contribution >= 0.6 is 0 Å². The highest BCUT2D eigenvalue weighted by Gasteiger charge is 2.42. The Bertz CT molecular complexity index is 732. The maximum absolute atomic E-state index is 12.6. The van der Waals surface area contributed by atoms with Gasteiger partial charge in [0, 0.05) is 11.3 Å². The lowest BCUT2D eigenvalue weighted by molar-refractivity contribution is -0.166. The van der Waals surface area contributed by atoms with E-state index in [9.17, 15) is 22.8 Å². The zero-order valence-corrected chi connectivity index (χ0v) is 14.8. The number of hydrogen-bond donors (Lipinski definition) is 2. The first kappa shape index (κ1) is 19.8. The molecule has 1 aliphatic carbocycles. The van der Waals surface area contributed by atoms with E-state index in [1.807, 2.05) is 32.9 Å². The first-order valence-electron chi connectivity index (χ1n) is 8.18. The summed E-state index contributed by atoms with van der Waals surface area (Å²) in [4.78, 5) is 23.3. The SMILES string of the molecule is Cc1cc(C)c(OCC(=O)NNC2=C(C(=O)C(F)(F)F)CCC2)c(C)c1. The van der Waals surface area contributed by atoms with E-state index in [0.717, 1.165) is 16.7 Å². The second kappa shape index (κ2) is 7.80. The molecule has 26 heavy (non-hydrogen) atoms. The Labute approximate surface area is 149 Å². The van der Waals surface area contributed by atoms with E-state index in [-0.39, 0.29) is 30.7 Å². The van der Waals surface area contributed by atoms with E-state index >= 15 is 0 Å². The molecule has 0 spiro atoms. The van der Waals surface area contributed by atoms with Crippen molar-refractivity contribution in [1.82, 2.24) is 10.9 Å². The van der Waals surface area contributed by atoms with Crippen LogP contribution < -0.4 is 15.6 Å². The number of halogens is 3. The molecule has 0 aliphatic heterocycles. The molecule has 0 aromatic heterocycles. The fourth-order valence-corrected chi connectivity index (χ4v) is 3.02. The highest BCUT2D eigenvalue weighted by atomic mass is 19.4. The topological polar surface area (TPSA) is 67.4 Å². The summed E-state index contributed by atoms with van der Waals surface area (Å²) in [6.07, 6.45) is -4.18. The Morgan fingerprint density at radius 3 is 2.31 bits per heavy atom. The molecule has 1 amide bonds. The molecule has 0 saturated heterocycles. The molecule has 0 saturated carbocycles. The quantitative estimate of drug-likeness (QED) is 0.755. The first-order valence-corrected chi connectivity index (χ1v) is 8.18. The zero-order valence-electron chi connectivity index (χ0n) is 14.8. The van der Waals surface area contributed by atoms with E-state index < -0.39 is 17.9 Å². The fraction of sp³-hybridized carbons (Fsp3) is 0.444. The molecule has 0 heterocycles. The Kier molecular flexibility index (Phi) is 5.94. The van der Waals surface area contributed by atoms with Crippen LogP contribution in [0, 0.1) is 20.8 Å². The summed E-state index contributed by atoms with van der Waals surface area (Å²) in [7, 11) is 0. The number of ketones is 1.